The smallest absolute Gasteiger partial charge is 0.321 e. The van der Waals surface area contributed by atoms with Crippen LogP contribution in [0, 0.1) is 0 Å². The Bertz CT molecular complexity index is 461. The van der Waals surface area contributed by atoms with Crippen molar-refractivity contribution in [2.24, 2.45) is 0 Å². The number of carbonyl (C=O) groups excluding carboxylic acids is 1. The first-order valence-corrected chi connectivity index (χ1v) is 5.67. The van der Waals surface area contributed by atoms with Crippen LogP contribution in [-0.2, 0) is 16.1 Å². The maximum atomic E-state index is 11.3. The number of rotatable bonds is 3. The minimum Gasteiger partial charge on any atom is -0.480 e. The average Bonchev–Trinajstić information content (AvgIpc) is 2.59. The predicted molar refractivity (Wildman–Crippen MR) is 62.9 cm³/mol. The third kappa shape index (κ3) is 2.84. The number of Topliss-reactive ketones (excluding diaryl/α,β-unsaturated/α-hetero) is 1. The molecule has 0 amide bonds. The molecule has 1 heterocycles. The number of ketones is 1. The van der Waals surface area contributed by atoms with Gasteiger partial charge in [0.1, 0.15) is 11.8 Å². The molecule has 1 unspecified atom stereocenters. The Morgan fingerprint density at radius 2 is 2.29 bits per heavy atom. The number of carboxylic acids is 1. The zero-order valence-electron chi connectivity index (χ0n) is 9.10. The van der Waals surface area contributed by atoms with E-state index in [0.717, 1.165) is 5.56 Å². The first-order chi connectivity index (χ1) is 8.06. The number of hydrogen-bond acceptors (Lipinski definition) is 3. The zero-order chi connectivity index (χ0) is 12.4. The Labute approximate surface area is 104 Å². The maximum absolute atomic E-state index is 11.3. The Morgan fingerprint density at radius 1 is 1.53 bits per heavy atom. The van der Waals surface area contributed by atoms with Crippen LogP contribution < -0.4 is 0 Å². The molecule has 0 spiro atoms. The van der Waals surface area contributed by atoms with Crippen molar-refractivity contribution in [1.29, 1.82) is 0 Å². The molecule has 4 nitrogen and oxygen atoms in total. The number of hydrogen-bond donors (Lipinski definition) is 1. The van der Waals surface area contributed by atoms with Crippen molar-refractivity contribution in [2.45, 2.75) is 19.0 Å². The van der Waals surface area contributed by atoms with Gasteiger partial charge in [-0.2, -0.15) is 0 Å². The van der Waals surface area contributed by atoms with E-state index in [4.69, 9.17) is 16.7 Å². The monoisotopic (exact) mass is 253 g/mol. The van der Waals surface area contributed by atoms with Crippen LogP contribution in [0.25, 0.3) is 0 Å². The minimum atomic E-state index is -0.946. The van der Waals surface area contributed by atoms with Crippen molar-refractivity contribution in [3.8, 4) is 0 Å². The number of nitrogens with zero attached hydrogens (tertiary/aromatic N) is 1. The molecule has 1 N–H and O–H groups in total. The van der Waals surface area contributed by atoms with Gasteiger partial charge in [0.15, 0.2) is 0 Å². The molecule has 1 atom stereocenters. The summed E-state index contributed by atoms with van der Waals surface area (Å²) < 4.78 is 0. The van der Waals surface area contributed by atoms with E-state index in [0.29, 0.717) is 11.6 Å². The summed E-state index contributed by atoms with van der Waals surface area (Å²) >= 11 is 5.86. The normalized spacial score (nSPS) is 20.8. The van der Waals surface area contributed by atoms with Crippen molar-refractivity contribution < 1.29 is 14.7 Å². The van der Waals surface area contributed by atoms with Crippen molar-refractivity contribution in [2.75, 3.05) is 6.54 Å². The molecule has 17 heavy (non-hydrogen) atoms. The van der Waals surface area contributed by atoms with Gasteiger partial charge in [0.25, 0.3) is 0 Å². The maximum Gasteiger partial charge on any atom is 0.321 e. The van der Waals surface area contributed by atoms with Crippen LogP contribution in [0.3, 0.4) is 0 Å². The molecule has 0 saturated carbocycles. The Hall–Kier alpha value is -1.39. The van der Waals surface area contributed by atoms with E-state index >= 15 is 0 Å². The number of halogens is 1. The Morgan fingerprint density at radius 3 is 2.94 bits per heavy atom. The molecule has 1 saturated heterocycles. The van der Waals surface area contributed by atoms with E-state index in [1.54, 1.807) is 17.0 Å². The molecule has 5 heteroatoms. The molecule has 0 aromatic heterocycles. The van der Waals surface area contributed by atoms with Gasteiger partial charge >= 0.3 is 5.97 Å². The van der Waals surface area contributed by atoms with Gasteiger partial charge < -0.3 is 5.11 Å². The highest BCUT2D eigenvalue weighted by atomic mass is 35.5. The number of aliphatic carboxylic acids is 1. The van der Waals surface area contributed by atoms with Gasteiger partial charge in [-0.15, -0.1) is 0 Å². The highest BCUT2D eigenvalue weighted by Gasteiger charge is 2.35. The van der Waals surface area contributed by atoms with Crippen LogP contribution in [0.1, 0.15) is 12.0 Å². The van der Waals surface area contributed by atoms with Crippen LogP contribution in [0.5, 0.6) is 0 Å². The second kappa shape index (κ2) is 4.85. The summed E-state index contributed by atoms with van der Waals surface area (Å²) in [5.74, 6) is -0.975. The standard InChI is InChI=1S/C12H12ClNO3/c13-9-3-1-2-8(4-9)6-14-7-10(15)5-11(14)12(16)17/h1-4,11H,5-7H2,(H,16,17). The molecular formula is C12H12ClNO3. The second-order valence-electron chi connectivity index (χ2n) is 4.13. The molecule has 0 aliphatic carbocycles. The van der Waals surface area contributed by atoms with Gasteiger partial charge in [-0.05, 0) is 17.7 Å². The van der Waals surface area contributed by atoms with Crippen LogP contribution >= 0.6 is 11.6 Å². The second-order valence-corrected chi connectivity index (χ2v) is 4.57. The summed E-state index contributed by atoms with van der Waals surface area (Å²) in [4.78, 5) is 24.0. The molecule has 2 rings (SSSR count). The molecule has 1 aliphatic rings. The fraction of sp³-hybridized carbons (Fsp3) is 0.333. The first kappa shape index (κ1) is 12.1. The van der Waals surface area contributed by atoms with Gasteiger partial charge in [0.05, 0.1) is 6.54 Å². The van der Waals surface area contributed by atoms with Gasteiger partial charge in [0, 0.05) is 18.0 Å². The van der Waals surface area contributed by atoms with Crippen molar-refractivity contribution in [1.82, 2.24) is 4.90 Å². The summed E-state index contributed by atoms with van der Waals surface area (Å²) in [6.45, 7) is 0.632. The third-order valence-corrected chi connectivity index (χ3v) is 3.04. The largest absolute Gasteiger partial charge is 0.480 e. The van der Waals surface area contributed by atoms with E-state index in [9.17, 15) is 9.59 Å². The number of carboxylic acid groups (broad SMARTS) is 1. The van der Waals surface area contributed by atoms with E-state index < -0.39 is 12.0 Å². The molecule has 1 aromatic rings. The van der Waals surface area contributed by atoms with Crippen molar-refractivity contribution in [3.05, 3.63) is 34.9 Å². The molecule has 1 fully saturated rings. The first-order valence-electron chi connectivity index (χ1n) is 5.29. The van der Waals surface area contributed by atoms with E-state index in [2.05, 4.69) is 0 Å². The minimum absolute atomic E-state index is 0.0283. The number of carbonyl (C=O) groups is 2. The fourth-order valence-electron chi connectivity index (χ4n) is 2.03. The van der Waals surface area contributed by atoms with Crippen molar-refractivity contribution in [3.63, 3.8) is 0 Å². The average molecular weight is 254 g/mol. The SMILES string of the molecule is O=C1CC(C(=O)O)N(Cc2cccc(Cl)c2)C1. The lowest BCUT2D eigenvalue weighted by molar-refractivity contribution is -0.142. The lowest BCUT2D eigenvalue weighted by Gasteiger charge is -2.19. The van der Waals surface area contributed by atoms with Gasteiger partial charge in [-0.1, -0.05) is 23.7 Å². The Kier molecular flexibility index (Phi) is 3.45. The number of benzene rings is 1. The summed E-state index contributed by atoms with van der Waals surface area (Å²) in [6, 6.07) is 6.51. The summed E-state index contributed by atoms with van der Waals surface area (Å²) in [6.07, 6.45) is 0.0932. The fourth-order valence-corrected chi connectivity index (χ4v) is 2.24. The topological polar surface area (TPSA) is 57.6 Å². The summed E-state index contributed by atoms with van der Waals surface area (Å²) in [5, 5.41) is 9.63. The van der Waals surface area contributed by atoms with Gasteiger partial charge in [-0.3, -0.25) is 14.5 Å². The molecule has 90 valence electrons. The van der Waals surface area contributed by atoms with Crippen LogP contribution in [0.4, 0.5) is 0 Å². The zero-order valence-corrected chi connectivity index (χ0v) is 9.85. The van der Waals surface area contributed by atoms with Gasteiger partial charge in [0.2, 0.25) is 0 Å². The molecular weight excluding hydrogens is 242 g/mol. The third-order valence-electron chi connectivity index (χ3n) is 2.80. The quantitative estimate of drug-likeness (QED) is 0.888. The lowest BCUT2D eigenvalue weighted by Crippen LogP contribution is -2.35. The van der Waals surface area contributed by atoms with Crippen LogP contribution in [0.2, 0.25) is 5.02 Å². The molecule has 0 bridgehead atoms. The molecule has 1 aromatic carbocycles. The summed E-state index contributed by atoms with van der Waals surface area (Å²) in [7, 11) is 0. The summed E-state index contributed by atoms with van der Waals surface area (Å²) in [5.41, 5.74) is 0.915. The highest BCUT2D eigenvalue weighted by Crippen LogP contribution is 2.19. The molecule has 0 radical (unpaired) electrons. The number of likely N-dealkylation sites (tertiary alicyclic amines) is 1. The van der Waals surface area contributed by atoms with E-state index in [1.165, 1.54) is 0 Å². The predicted octanol–water partition coefficient (Wildman–Crippen LogP) is 1.57. The van der Waals surface area contributed by atoms with Crippen molar-refractivity contribution >= 4 is 23.4 Å². The van der Waals surface area contributed by atoms with Crippen LogP contribution in [0.15, 0.2) is 24.3 Å². The van der Waals surface area contributed by atoms with E-state index in [1.807, 2.05) is 12.1 Å². The molecule has 1 aliphatic heterocycles. The lowest BCUT2D eigenvalue weighted by atomic mass is 10.2. The van der Waals surface area contributed by atoms with Crippen LogP contribution in [-0.4, -0.2) is 34.3 Å². The highest BCUT2D eigenvalue weighted by molar-refractivity contribution is 6.30. The van der Waals surface area contributed by atoms with E-state index in [-0.39, 0.29) is 18.7 Å². The van der Waals surface area contributed by atoms with Gasteiger partial charge in [-0.25, -0.2) is 0 Å². The Balaban J connectivity index is 2.12.